The van der Waals surface area contributed by atoms with Crippen molar-refractivity contribution >= 4 is 21.9 Å². The van der Waals surface area contributed by atoms with Crippen LogP contribution in [0.1, 0.15) is 30.0 Å². The van der Waals surface area contributed by atoms with Gasteiger partial charge in [0.1, 0.15) is 6.61 Å². The van der Waals surface area contributed by atoms with E-state index in [1.165, 1.54) is 0 Å². The van der Waals surface area contributed by atoms with Crippen molar-refractivity contribution in [2.24, 2.45) is 0 Å². The highest BCUT2D eigenvalue weighted by Gasteiger charge is 2.23. The van der Waals surface area contributed by atoms with Crippen molar-refractivity contribution in [3.05, 3.63) is 58.5 Å². The summed E-state index contributed by atoms with van der Waals surface area (Å²) >= 11 is 3.15. The summed E-state index contributed by atoms with van der Waals surface area (Å²) in [5, 5.41) is 0. The Labute approximate surface area is 120 Å². The van der Waals surface area contributed by atoms with Gasteiger partial charge in [-0.1, -0.05) is 44.2 Å². The van der Waals surface area contributed by atoms with E-state index in [0.717, 1.165) is 5.56 Å². The fourth-order valence-electron chi connectivity index (χ4n) is 1.71. The maximum Gasteiger partial charge on any atom is 0.374 e. The molecule has 2 rings (SSSR count). The molecule has 0 fully saturated rings. The van der Waals surface area contributed by atoms with Crippen LogP contribution in [0.25, 0.3) is 0 Å². The Morgan fingerprint density at radius 1 is 1.21 bits per heavy atom. The van der Waals surface area contributed by atoms with Crippen LogP contribution in [0.2, 0.25) is 0 Å². The molecule has 1 heterocycles. The maximum atomic E-state index is 11.8. The third-order valence-corrected chi connectivity index (χ3v) is 3.32. The van der Waals surface area contributed by atoms with Crippen LogP contribution in [0.3, 0.4) is 0 Å². The third kappa shape index (κ3) is 3.47. The second-order valence-electron chi connectivity index (χ2n) is 4.93. The lowest BCUT2D eigenvalue weighted by Gasteiger charge is -2.24. The Hall–Kier alpha value is -1.55. The molecule has 0 saturated heterocycles. The second-order valence-corrected chi connectivity index (χ2v) is 5.71. The average molecular weight is 323 g/mol. The fraction of sp³-hybridized carbons (Fsp3) is 0.267. The lowest BCUT2D eigenvalue weighted by Crippen LogP contribution is -2.26. The van der Waals surface area contributed by atoms with Crippen LogP contribution >= 0.6 is 15.9 Å². The number of hydrogen-bond donors (Lipinski definition) is 0. The molecule has 4 heteroatoms. The highest BCUT2D eigenvalue weighted by atomic mass is 79.9. The molecule has 0 bridgehead atoms. The monoisotopic (exact) mass is 322 g/mol. The van der Waals surface area contributed by atoms with Gasteiger partial charge in [0.25, 0.3) is 0 Å². The Morgan fingerprint density at radius 2 is 1.89 bits per heavy atom. The summed E-state index contributed by atoms with van der Waals surface area (Å²) in [7, 11) is 0. The number of rotatable bonds is 4. The normalized spacial score (nSPS) is 11.3. The molecular weight excluding hydrogens is 308 g/mol. The molecule has 19 heavy (non-hydrogen) atoms. The molecule has 3 nitrogen and oxygen atoms in total. The van der Waals surface area contributed by atoms with Crippen molar-refractivity contribution in [3.8, 4) is 0 Å². The van der Waals surface area contributed by atoms with Crippen molar-refractivity contribution in [1.29, 1.82) is 0 Å². The highest BCUT2D eigenvalue weighted by molar-refractivity contribution is 9.10. The molecule has 2 aromatic rings. The quantitative estimate of drug-likeness (QED) is 0.793. The Bertz CT molecular complexity index is 558. The lowest BCUT2D eigenvalue weighted by molar-refractivity contribution is 0.0390. The summed E-state index contributed by atoms with van der Waals surface area (Å²) in [6.07, 6.45) is 0. The predicted molar refractivity (Wildman–Crippen MR) is 76.2 cm³/mol. The largest absolute Gasteiger partial charge is 0.459 e. The summed E-state index contributed by atoms with van der Waals surface area (Å²) in [6.45, 7) is 4.37. The average Bonchev–Trinajstić information content (AvgIpc) is 2.84. The van der Waals surface area contributed by atoms with Crippen molar-refractivity contribution < 1.29 is 13.9 Å². The first-order valence-corrected chi connectivity index (χ1v) is 6.76. The molecule has 0 unspecified atom stereocenters. The number of carbonyl (C=O) groups excluding carboxylic acids is 1. The molecule has 0 aliphatic rings. The smallest absolute Gasteiger partial charge is 0.374 e. The van der Waals surface area contributed by atoms with E-state index >= 15 is 0 Å². The van der Waals surface area contributed by atoms with E-state index in [4.69, 9.17) is 9.15 Å². The number of furan rings is 1. The van der Waals surface area contributed by atoms with Gasteiger partial charge in [-0.05, 0) is 33.6 Å². The molecule has 0 atom stereocenters. The number of hydrogen-bond acceptors (Lipinski definition) is 3. The van der Waals surface area contributed by atoms with Crippen molar-refractivity contribution in [2.75, 3.05) is 6.61 Å². The first-order valence-electron chi connectivity index (χ1n) is 5.97. The standard InChI is InChI=1S/C15H15BrO3/c1-15(2,11-6-4-3-5-7-11)10-18-14(17)12-8-9-13(16)19-12/h3-9H,10H2,1-2H3. The van der Waals surface area contributed by atoms with Crippen LogP contribution in [0.15, 0.2) is 51.6 Å². The lowest BCUT2D eigenvalue weighted by atomic mass is 9.86. The van der Waals surface area contributed by atoms with E-state index in [9.17, 15) is 4.79 Å². The van der Waals surface area contributed by atoms with Crippen LogP contribution in [0, 0.1) is 0 Å². The molecule has 100 valence electrons. The molecule has 0 amide bonds. The molecule has 0 N–H and O–H groups in total. The van der Waals surface area contributed by atoms with E-state index in [1.54, 1.807) is 12.1 Å². The summed E-state index contributed by atoms with van der Waals surface area (Å²) in [5.41, 5.74) is 0.893. The van der Waals surface area contributed by atoms with Crippen LogP contribution in [0.4, 0.5) is 0 Å². The SMILES string of the molecule is CC(C)(COC(=O)c1ccc(Br)o1)c1ccccc1. The van der Waals surface area contributed by atoms with E-state index in [0.29, 0.717) is 11.3 Å². The third-order valence-electron chi connectivity index (χ3n) is 2.89. The van der Waals surface area contributed by atoms with Gasteiger partial charge in [0.05, 0.1) is 0 Å². The zero-order valence-electron chi connectivity index (χ0n) is 10.9. The Morgan fingerprint density at radius 3 is 2.47 bits per heavy atom. The summed E-state index contributed by atoms with van der Waals surface area (Å²) in [4.78, 5) is 11.8. The van der Waals surface area contributed by atoms with Crippen LogP contribution < -0.4 is 0 Å². The van der Waals surface area contributed by atoms with Gasteiger partial charge in [0.2, 0.25) is 5.76 Å². The molecule has 0 radical (unpaired) electrons. The number of carbonyl (C=O) groups is 1. The maximum absolute atomic E-state index is 11.8. The molecule has 1 aromatic carbocycles. The second kappa shape index (κ2) is 5.61. The molecular formula is C15H15BrO3. The van der Waals surface area contributed by atoms with Crippen LogP contribution in [0.5, 0.6) is 0 Å². The highest BCUT2D eigenvalue weighted by Crippen LogP contribution is 2.24. The van der Waals surface area contributed by atoms with Gasteiger partial charge in [0.15, 0.2) is 4.67 Å². The van der Waals surface area contributed by atoms with Gasteiger partial charge < -0.3 is 9.15 Å². The minimum Gasteiger partial charge on any atom is -0.459 e. The van der Waals surface area contributed by atoms with Gasteiger partial charge in [-0.25, -0.2) is 4.79 Å². The number of halogens is 1. The minimum atomic E-state index is -0.449. The van der Waals surface area contributed by atoms with E-state index in [-0.39, 0.29) is 11.2 Å². The first kappa shape index (κ1) is 13.9. The van der Waals surface area contributed by atoms with Gasteiger partial charge in [0, 0.05) is 5.41 Å². The van der Waals surface area contributed by atoms with Gasteiger partial charge in [-0.3, -0.25) is 0 Å². The summed E-state index contributed by atoms with van der Waals surface area (Å²) in [5.74, 6) is -0.245. The zero-order chi connectivity index (χ0) is 13.9. The predicted octanol–water partition coefficient (Wildman–Crippen LogP) is 4.18. The summed E-state index contributed by atoms with van der Waals surface area (Å²) in [6, 6.07) is 13.2. The van der Waals surface area contributed by atoms with Gasteiger partial charge in [-0.2, -0.15) is 0 Å². The number of ether oxygens (including phenoxy) is 1. The Kier molecular flexibility index (Phi) is 4.10. The van der Waals surface area contributed by atoms with Crippen molar-refractivity contribution in [3.63, 3.8) is 0 Å². The van der Waals surface area contributed by atoms with E-state index in [1.807, 2.05) is 44.2 Å². The molecule has 0 saturated carbocycles. The van der Waals surface area contributed by atoms with Crippen LogP contribution in [-0.2, 0) is 10.2 Å². The number of esters is 1. The minimum absolute atomic E-state index is 0.204. The Balaban J connectivity index is 2.00. The molecule has 0 aliphatic heterocycles. The molecule has 1 aromatic heterocycles. The van der Waals surface area contributed by atoms with Crippen LogP contribution in [-0.4, -0.2) is 12.6 Å². The van der Waals surface area contributed by atoms with Gasteiger partial charge >= 0.3 is 5.97 Å². The van der Waals surface area contributed by atoms with E-state index in [2.05, 4.69) is 15.9 Å². The van der Waals surface area contributed by atoms with E-state index < -0.39 is 5.97 Å². The number of benzene rings is 1. The van der Waals surface area contributed by atoms with Crippen molar-refractivity contribution in [1.82, 2.24) is 0 Å². The zero-order valence-corrected chi connectivity index (χ0v) is 12.4. The molecule has 0 aliphatic carbocycles. The topological polar surface area (TPSA) is 39.4 Å². The first-order chi connectivity index (χ1) is 8.99. The fourth-order valence-corrected chi connectivity index (χ4v) is 2.02. The van der Waals surface area contributed by atoms with Gasteiger partial charge in [-0.15, -0.1) is 0 Å². The molecule has 0 spiro atoms. The van der Waals surface area contributed by atoms with Crippen molar-refractivity contribution in [2.45, 2.75) is 19.3 Å². The summed E-state index contributed by atoms with van der Waals surface area (Å²) < 4.78 is 11.0.